The lowest BCUT2D eigenvalue weighted by atomic mass is 10.0. The van der Waals surface area contributed by atoms with Crippen molar-refractivity contribution < 1.29 is 17.9 Å². The van der Waals surface area contributed by atoms with E-state index in [1.54, 1.807) is 28.6 Å². The van der Waals surface area contributed by atoms with Crippen LogP contribution in [0.2, 0.25) is 0 Å². The van der Waals surface area contributed by atoms with Crippen molar-refractivity contribution in [2.45, 2.75) is 50.5 Å². The van der Waals surface area contributed by atoms with Gasteiger partial charge in [0.25, 0.3) is 0 Å². The van der Waals surface area contributed by atoms with E-state index < -0.39 is 10.0 Å². The molecule has 0 aromatic heterocycles. The lowest BCUT2D eigenvalue weighted by Crippen LogP contribution is -2.43. The number of benzene rings is 1. The average Bonchev–Trinajstić information content (AvgIpc) is 2.60. The molecule has 1 aliphatic rings. The predicted molar refractivity (Wildman–Crippen MR) is 93.4 cm³/mol. The zero-order chi connectivity index (χ0) is 17.6. The number of amides is 1. The normalized spacial score (nSPS) is 19.2. The molecule has 1 atom stereocenters. The van der Waals surface area contributed by atoms with Gasteiger partial charge in [-0.15, -0.1) is 0 Å². The Bertz CT molecular complexity index is 643. The third kappa shape index (κ3) is 4.55. The summed E-state index contributed by atoms with van der Waals surface area (Å²) in [6.45, 7) is 4.88. The summed E-state index contributed by atoms with van der Waals surface area (Å²) in [5, 5.41) is 2.68. The number of sulfonamides is 1. The maximum absolute atomic E-state index is 12.8. The largest absolute Gasteiger partial charge is 0.372 e. The fraction of sp³-hybridized carbons (Fsp3) is 0.588. The maximum atomic E-state index is 12.8. The molecule has 6 nitrogen and oxygen atoms in total. The molecule has 0 spiro atoms. The standard InChI is InChI=1S/C17H26N2O4S/c1-3-15-7-5-6-12-19(15)24(21,22)16-10-8-14(9-11-16)18-17(20)13-23-4-2/h8-11,15H,3-7,12-13H2,1-2H3,(H,18,20). The summed E-state index contributed by atoms with van der Waals surface area (Å²) in [7, 11) is -3.49. The number of anilines is 1. The molecule has 0 saturated carbocycles. The Morgan fingerprint density at radius 1 is 1.25 bits per heavy atom. The fourth-order valence-corrected chi connectivity index (χ4v) is 4.70. The average molecular weight is 354 g/mol. The molecule has 2 rings (SSSR count). The van der Waals surface area contributed by atoms with Crippen LogP contribution in [-0.4, -0.2) is 44.4 Å². The summed E-state index contributed by atoms with van der Waals surface area (Å²) >= 11 is 0. The topological polar surface area (TPSA) is 75.7 Å². The van der Waals surface area contributed by atoms with Crippen LogP contribution in [-0.2, 0) is 19.6 Å². The minimum absolute atomic E-state index is 0.0114. The molecular weight excluding hydrogens is 328 g/mol. The van der Waals surface area contributed by atoms with Gasteiger partial charge in [-0.05, 0) is 50.5 Å². The van der Waals surface area contributed by atoms with E-state index >= 15 is 0 Å². The van der Waals surface area contributed by atoms with E-state index in [4.69, 9.17) is 4.74 Å². The molecule has 1 fully saturated rings. The van der Waals surface area contributed by atoms with Crippen LogP contribution < -0.4 is 5.32 Å². The summed E-state index contributed by atoms with van der Waals surface area (Å²) in [6, 6.07) is 6.40. The van der Waals surface area contributed by atoms with Gasteiger partial charge < -0.3 is 10.1 Å². The van der Waals surface area contributed by atoms with Crippen molar-refractivity contribution in [3.05, 3.63) is 24.3 Å². The van der Waals surface area contributed by atoms with Crippen LogP contribution >= 0.6 is 0 Å². The molecule has 1 saturated heterocycles. The van der Waals surface area contributed by atoms with Crippen LogP contribution in [0, 0.1) is 0 Å². The van der Waals surface area contributed by atoms with Gasteiger partial charge in [0.05, 0.1) is 4.90 Å². The summed E-state index contributed by atoms with van der Waals surface area (Å²) in [5.74, 6) is -0.255. The molecular formula is C17H26N2O4S. The van der Waals surface area contributed by atoms with Crippen LogP contribution in [0.25, 0.3) is 0 Å². The van der Waals surface area contributed by atoms with Crippen molar-refractivity contribution in [1.29, 1.82) is 0 Å². The molecule has 1 N–H and O–H groups in total. The van der Waals surface area contributed by atoms with Crippen LogP contribution in [0.4, 0.5) is 5.69 Å². The SMILES string of the molecule is CCOCC(=O)Nc1ccc(S(=O)(=O)N2CCCCC2CC)cc1. The molecule has 0 bridgehead atoms. The van der Waals surface area contributed by atoms with Crippen LogP contribution in [0.1, 0.15) is 39.5 Å². The number of nitrogens with zero attached hydrogens (tertiary/aromatic N) is 1. The fourth-order valence-electron chi connectivity index (χ4n) is 2.94. The molecule has 134 valence electrons. The van der Waals surface area contributed by atoms with Crippen LogP contribution in [0.15, 0.2) is 29.2 Å². The quantitative estimate of drug-likeness (QED) is 0.817. The van der Waals surface area contributed by atoms with E-state index in [1.165, 1.54) is 0 Å². The molecule has 0 aliphatic carbocycles. The highest BCUT2D eigenvalue weighted by molar-refractivity contribution is 7.89. The number of carbonyl (C=O) groups is 1. The minimum Gasteiger partial charge on any atom is -0.372 e. The monoisotopic (exact) mass is 354 g/mol. The summed E-state index contributed by atoms with van der Waals surface area (Å²) < 4.78 is 32.4. The number of ether oxygens (including phenoxy) is 1. The van der Waals surface area contributed by atoms with Crippen LogP contribution in [0.5, 0.6) is 0 Å². The van der Waals surface area contributed by atoms with Crippen molar-refractivity contribution in [1.82, 2.24) is 4.31 Å². The lowest BCUT2D eigenvalue weighted by Gasteiger charge is -2.34. The predicted octanol–water partition coefficient (Wildman–Crippen LogP) is 2.61. The molecule has 1 aliphatic heterocycles. The van der Waals surface area contributed by atoms with Gasteiger partial charge in [-0.2, -0.15) is 4.31 Å². The Labute approximate surface area is 144 Å². The van der Waals surface area contributed by atoms with E-state index in [1.807, 2.05) is 13.8 Å². The first-order valence-electron chi connectivity index (χ1n) is 8.48. The second kappa shape index (κ2) is 8.60. The first-order chi connectivity index (χ1) is 11.5. The number of rotatable bonds is 7. The zero-order valence-electron chi connectivity index (χ0n) is 14.3. The lowest BCUT2D eigenvalue weighted by molar-refractivity contribution is -0.120. The third-order valence-corrected chi connectivity index (χ3v) is 6.19. The van der Waals surface area contributed by atoms with Crippen molar-refractivity contribution in [3.8, 4) is 0 Å². The Morgan fingerprint density at radius 3 is 2.58 bits per heavy atom. The summed E-state index contributed by atoms with van der Waals surface area (Å²) in [4.78, 5) is 11.9. The van der Waals surface area contributed by atoms with Gasteiger partial charge in [0.2, 0.25) is 15.9 Å². The van der Waals surface area contributed by atoms with Gasteiger partial charge in [0.1, 0.15) is 6.61 Å². The van der Waals surface area contributed by atoms with Gasteiger partial charge in [0, 0.05) is 24.9 Å². The molecule has 1 aromatic carbocycles. The summed E-state index contributed by atoms with van der Waals surface area (Å²) in [6.07, 6.45) is 3.72. The van der Waals surface area contributed by atoms with Gasteiger partial charge in [-0.1, -0.05) is 13.3 Å². The Balaban J connectivity index is 2.09. The molecule has 7 heteroatoms. The van der Waals surface area contributed by atoms with E-state index in [0.29, 0.717) is 18.8 Å². The van der Waals surface area contributed by atoms with E-state index in [0.717, 1.165) is 25.7 Å². The number of piperidine rings is 1. The minimum atomic E-state index is -3.49. The third-order valence-electron chi connectivity index (χ3n) is 4.23. The van der Waals surface area contributed by atoms with Crippen molar-refractivity contribution in [2.24, 2.45) is 0 Å². The van der Waals surface area contributed by atoms with E-state index in [2.05, 4.69) is 5.32 Å². The smallest absolute Gasteiger partial charge is 0.250 e. The Hall–Kier alpha value is -1.44. The highest BCUT2D eigenvalue weighted by atomic mass is 32.2. The van der Waals surface area contributed by atoms with Gasteiger partial charge in [0.15, 0.2) is 0 Å². The van der Waals surface area contributed by atoms with Crippen molar-refractivity contribution in [2.75, 3.05) is 25.1 Å². The molecule has 1 aromatic rings. The molecule has 0 radical (unpaired) electrons. The Kier molecular flexibility index (Phi) is 6.77. The van der Waals surface area contributed by atoms with Crippen molar-refractivity contribution in [3.63, 3.8) is 0 Å². The summed E-state index contributed by atoms with van der Waals surface area (Å²) in [5.41, 5.74) is 0.560. The first-order valence-corrected chi connectivity index (χ1v) is 9.92. The number of nitrogens with one attached hydrogen (secondary N) is 1. The highest BCUT2D eigenvalue weighted by Gasteiger charge is 2.32. The second-order valence-electron chi connectivity index (χ2n) is 5.88. The van der Waals surface area contributed by atoms with Crippen LogP contribution in [0.3, 0.4) is 0 Å². The number of hydrogen-bond donors (Lipinski definition) is 1. The van der Waals surface area contributed by atoms with Gasteiger partial charge in [-0.25, -0.2) is 8.42 Å². The molecule has 1 unspecified atom stereocenters. The molecule has 1 heterocycles. The maximum Gasteiger partial charge on any atom is 0.250 e. The van der Waals surface area contributed by atoms with Crippen molar-refractivity contribution >= 4 is 21.6 Å². The van der Waals surface area contributed by atoms with E-state index in [9.17, 15) is 13.2 Å². The molecule has 24 heavy (non-hydrogen) atoms. The number of hydrogen-bond acceptors (Lipinski definition) is 4. The first kappa shape index (κ1) is 18.9. The van der Waals surface area contributed by atoms with E-state index in [-0.39, 0.29) is 23.5 Å². The number of carbonyl (C=O) groups excluding carboxylic acids is 1. The zero-order valence-corrected chi connectivity index (χ0v) is 15.1. The molecule has 1 amide bonds. The second-order valence-corrected chi connectivity index (χ2v) is 7.77. The van der Waals surface area contributed by atoms with Gasteiger partial charge in [-0.3, -0.25) is 4.79 Å². The van der Waals surface area contributed by atoms with Gasteiger partial charge >= 0.3 is 0 Å². The Morgan fingerprint density at radius 2 is 1.96 bits per heavy atom. The highest BCUT2D eigenvalue weighted by Crippen LogP contribution is 2.27.